The maximum atomic E-state index is 10.4. The fourth-order valence-corrected chi connectivity index (χ4v) is 1.44. The van der Waals surface area contributed by atoms with E-state index in [1.807, 2.05) is 0 Å². The molecule has 0 fully saturated rings. The smallest absolute Gasteiger partial charge is 0.870 e. The third-order valence-electron chi connectivity index (χ3n) is 1.33. The minimum Gasteiger partial charge on any atom is -0.870 e. The molecule has 5 nitrogen and oxygen atoms in total. The van der Waals surface area contributed by atoms with E-state index in [1.54, 1.807) is 24.3 Å². The Bertz CT molecular complexity index is 358. The van der Waals surface area contributed by atoms with E-state index in [0.717, 1.165) is 0 Å². The second-order valence-corrected chi connectivity index (χ2v) is 3.92. The van der Waals surface area contributed by atoms with Crippen molar-refractivity contribution in [2.45, 2.75) is 5.75 Å². The molecule has 0 saturated carbocycles. The average Bonchev–Trinajstić information content (AvgIpc) is 1.91. The van der Waals surface area contributed by atoms with Crippen molar-refractivity contribution in [3.8, 4) is 0 Å². The summed E-state index contributed by atoms with van der Waals surface area (Å²) in [5.74, 6) is -0.368. The molecular formula is C7H9BO5S. The SMILES string of the molecule is [B+2]c1ccc(CS(=O)(=O)O)cc1.[OH-].[OH-]. The van der Waals surface area contributed by atoms with Crippen molar-refractivity contribution in [3.05, 3.63) is 29.8 Å². The molecule has 0 aliphatic heterocycles. The minimum absolute atomic E-state index is 0. The zero-order chi connectivity index (χ0) is 9.19. The van der Waals surface area contributed by atoms with Crippen LogP contribution < -0.4 is 5.46 Å². The summed E-state index contributed by atoms with van der Waals surface area (Å²) in [4.78, 5) is 0. The number of rotatable bonds is 2. The van der Waals surface area contributed by atoms with Crippen LogP contribution in [0.3, 0.4) is 0 Å². The van der Waals surface area contributed by atoms with Crippen molar-refractivity contribution in [2.75, 3.05) is 0 Å². The van der Waals surface area contributed by atoms with E-state index in [9.17, 15) is 8.42 Å². The molecule has 7 heteroatoms. The van der Waals surface area contributed by atoms with Crippen molar-refractivity contribution < 1.29 is 23.9 Å². The molecule has 0 heterocycles. The summed E-state index contributed by atoms with van der Waals surface area (Å²) in [6.07, 6.45) is 0. The van der Waals surface area contributed by atoms with Crippen LogP contribution in [-0.4, -0.2) is 31.8 Å². The van der Waals surface area contributed by atoms with Crippen molar-refractivity contribution in [1.29, 1.82) is 0 Å². The number of hydrogen-bond acceptors (Lipinski definition) is 4. The summed E-state index contributed by atoms with van der Waals surface area (Å²) < 4.78 is 29.3. The Morgan fingerprint density at radius 1 is 1.14 bits per heavy atom. The van der Waals surface area contributed by atoms with E-state index in [2.05, 4.69) is 0 Å². The molecule has 0 saturated heterocycles. The molecule has 0 aromatic heterocycles. The van der Waals surface area contributed by atoms with Gasteiger partial charge in [-0.25, -0.2) is 0 Å². The largest absolute Gasteiger partial charge is 0.870 e. The molecule has 0 aliphatic rings. The molecule has 3 N–H and O–H groups in total. The molecule has 0 unspecified atom stereocenters. The van der Waals surface area contributed by atoms with Crippen LogP contribution in [0.2, 0.25) is 0 Å². The van der Waals surface area contributed by atoms with E-state index in [4.69, 9.17) is 12.4 Å². The average molecular weight is 216 g/mol. The van der Waals surface area contributed by atoms with Crippen LogP contribution in [-0.2, 0) is 15.9 Å². The molecule has 76 valence electrons. The summed E-state index contributed by atoms with van der Waals surface area (Å²) in [5.41, 5.74) is 1.08. The Labute approximate surface area is 83.5 Å². The first-order valence-corrected chi connectivity index (χ1v) is 4.88. The monoisotopic (exact) mass is 216 g/mol. The predicted octanol–water partition coefficient (Wildman–Crippen LogP) is -0.485. The summed E-state index contributed by atoms with van der Waals surface area (Å²) >= 11 is 0. The predicted molar refractivity (Wildman–Crippen MR) is 51.0 cm³/mol. The number of hydrogen-bond donors (Lipinski definition) is 1. The molecule has 1 rings (SSSR count). The molecule has 0 amide bonds. The van der Waals surface area contributed by atoms with Gasteiger partial charge in [-0.2, -0.15) is 0 Å². The van der Waals surface area contributed by atoms with Gasteiger partial charge in [0.15, 0.2) is 0 Å². The summed E-state index contributed by atoms with van der Waals surface area (Å²) in [7, 11) is 1.45. The van der Waals surface area contributed by atoms with Crippen molar-refractivity contribution in [1.82, 2.24) is 0 Å². The molecule has 1 aromatic carbocycles. The third kappa shape index (κ3) is 5.71. The van der Waals surface area contributed by atoms with E-state index in [-0.39, 0.29) is 16.7 Å². The van der Waals surface area contributed by atoms with Crippen LogP contribution in [0.25, 0.3) is 0 Å². The van der Waals surface area contributed by atoms with E-state index in [0.29, 0.717) is 11.0 Å². The Morgan fingerprint density at radius 3 is 1.93 bits per heavy atom. The summed E-state index contributed by atoms with van der Waals surface area (Å²) in [6, 6.07) is 6.28. The first-order chi connectivity index (χ1) is 5.47. The van der Waals surface area contributed by atoms with Gasteiger partial charge in [0.2, 0.25) is 0 Å². The molecule has 14 heavy (non-hydrogen) atoms. The van der Waals surface area contributed by atoms with Gasteiger partial charge < -0.3 is 11.0 Å². The quantitative estimate of drug-likeness (QED) is 0.529. The third-order valence-corrected chi connectivity index (χ3v) is 2.03. The molecule has 0 spiro atoms. The Morgan fingerprint density at radius 2 is 1.57 bits per heavy atom. The van der Waals surface area contributed by atoms with E-state index in [1.165, 1.54) is 0 Å². The Kier molecular flexibility index (Phi) is 6.41. The molecule has 0 bridgehead atoms. The standard InChI is InChI=1S/C7H7BO3S.2H2O/c8-7-3-1-6(2-4-7)5-12(9,10)11;;/h1-4H,5H2,(H,9,10,11);2*1H2/q+2;;/p-2. The van der Waals surface area contributed by atoms with Crippen molar-refractivity contribution in [2.24, 2.45) is 0 Å². The maximum Gasteiger partial charge on any atom is -0.870 e. The van der Waals surface area contributed by atoms with Crippen LogP contribution in [0.5, 0.6) is 0 Å². The van der Waals surface area contributed by atoms with Gasteiger partial charge in [-0.15, -0.1) is 0 Å². The van der Waals surface area contributed by atoms with Crippen LogP contribution in [0.4, 0.5) is 0 Å². The molecule has 0 atom stereocenters. The van der Waals surface area contributed by atoms with E-state index >= 15 is 0 Å². The summed E-state index contributed by atoms with van der Waals surface area (Å²) in [6.45, 7) is 0. The zero-order valence-electron chi connectivity index (χ0n) is 7.16. The first kappa shape index (κ1) is 15.6. The fraction of sp³-hybridized carbons (Fsp3) is 0.143. The van der Waals surface area contributed by atoms with Crippen LogP contribution >= 0.6 is 0 Å². The second kappa shape index (κ2) is 5.76. The molecular weight excluding hydrogens is 207 g/mol. The van der Waals surface area contributed by atoms with Gasteiger partial charge in [0.05, 0.1) is 0 Å². The van der Waals surface area contributed by atoms with Crippen LogP contribution in [0.1, 0.15) is 5.56 Å². The molecule has 1 aromatic rings. The first-order valence-electron chi connectivity index (χ1n) is 3.27. The van der Waals surface area contributed by atoms with Gasteiger partial charge in [-0.05, 0) is 0 Å². The van der Waals surface area contributed by atoms with Gasteiger partial charge in [-0.3, -0.25) is 0 Å². The van der Waals surface area contributed by atoms with Crippen LogP contribution in [0.15, 0.2) is 24.3 Å². The van der Waals surface area contributed by atoms with Gasteiger partial charge in [-0.1, -0.05) is 0 Å². The van der Waals surface area contributed by atoms with Crippen molar-refractivity contribution >= 4 is 23.4 Å². The summed E-state index contributed by atoms with van der Waals surface area (Å²) in [5, 5.41) is 0. The topological polar surface area (TPSA) is 114 Å². The van der Waals surface area contributed by atoms with Gasteiger partial charge >= 0.3 is 72.0 Å². The van der Waals surface area contributed by atoms with Gasteiger partial charge in [0.1, 0.15) is 0 Å². The van der Waals surface area contributed by atoms with Gasteiger partial charge in [0.25, 0.3) is 0 Å². The zero-order valence-corrected chi connectivity index (χ0v) is 7.98. The number of benzene rings is 1. The minimum atomic E-state index is -3.93. The second-order valence-electron chi connectivity index (χ2n) is 2.47. The van der Waals surface area contributed by atoms with Gasteiger partial charge in [0, 0.05) is 0 Å². The van der Waals surface area contributed by atoms with E-state index < -0.39 is 10.1 Å². The fourth-order valence-electron chi connectivity index (χ4n) is 0.824. The molecule has 0 aliphatic carbocycles. The molecule has 0 radical (unpaired) electrons. The van der Waals surface area contributed by atoms with Crippen LogP contribution in [0, 0.1) is 0 Å². The van der Waals surface area contributed by atoms with Crippen molar-refractivity contribution in [3.63, 3.8) is 0 Å². The Balaban J connectivity index is 0. The normalized spacial score (nSPS) is 9.93. The maximum absolute atomic E-state index is 10.4. The Hall–Kier alpha value is -0.885.